The van der Waals surface area contributed by atoms with Crippen molar-refractivity contribution in [2.24, 2.45) is 0 Å². The lowest BCUT2D eigenvalue weighted by Gasteiger charge is -2.28. The molecule has 1 aliphatic heterocycles. The Morgan fingerprint density at radius 3 is 2.47 bits per heavy atom. The van der Waals surface area contributed by atoms with Gasteiger partial charge in [-0.05, 0) is 19.3 Å². The first-order valence-corrected chi connectivity index (χ1v) is 8.32. The molecule has 17 heavy (non-hydrogen) atoms. The van der Waals surface area contributed by atoms with Crippen LogP contribution in [0.1, 0.15) is 46.0 Å². The molecule has 1 amide bonds. The Hall–Kier alpha value is -0.580. The van der Waals surface area contributed by atoms with Crippen molar-refractivity contribution in [3.05, 3.63) is 0 Å². The molecule has 1 saturated heterocycles. The molecule has 0 bridgehead atoms. The van der Waals surface area contributed by atoms with E-state index in [0.717, 1.165) is 19.3 Å². The van der Waals surface area contributed by atoms with Gasteiger partial charge in [-0.1, -0.05) is 20.3 Å². The summed E-state index contributed by atoms with van der Waals surface area (Å²) < 4.78 is 22.9. The standard InChI is InChI=1S/C12H23NO3S/c1-3-5-6-12(14)13(8-4-2)11-7-9-17(15,16)10-11/h11H,3-10H2,1-2H3. The van der Waals surface area contributed by atoms with E-state index >= 15 is 0 Å². The van der Waals surface area contributed by atoms with Crippen molar-refractivity contribution in [1.82, 2.24) is 4.90 Å². The van der Waals surface area contributed by atoms with Crippen molar-refractivity contribution in [2.45, 2.75) is 52.0 Å². The molecule has 1 atom stereocenters. The fourth-order valence-electron chi connectivity index (χ4n) is 2.24. The molecule has 0 N–H and O–H groups in total. The molecule has 4 nitrogen and oxygen atoms in total. The van der Waals surface area contributed by atoms with Crippen molar-refractivity contribution in [3.63, 3.8) is 0 Å². The molecule has 0 radical (unpaired) electrons. The number of carbonyl (C=O) groups is 1. The third-order valence-electron chi connectivity index (χ3n) is 3.18. The second-order valence-electron chi connectivity index (χ2n) is 4.75. The van der Waals surface area contributed by atoms with E-state index in [2.05, 4.69) is 6.92 Å². The fraction of sp³-hybridized carbons (Fsp3) is 0.917. The highest BCUT2D eigenvalue weighted by molar-refractivity contribution is 7.91. The molecule has 1 fully saturated rings. The van der Waals surface area contributed by atoms with E-state index in [1.54, 1.807) is 4.90 Å². The van der Waals surface area contributed by atoms with Crippen LogP contribution in [0.2, 0.25) is 0 Å². The molecule has 0 aliphatic carbocycles. The molecular formula is C12H23NO3S. The van der Waals surface area contributed by atoms with Gasteiger partial charge in [0, 0.05) is 19.0 Å². The van der Waals surface area contributed by atoms with Gasteiger partial charge in [-0.15, -0.1) is 0 Å². The van der Waals surface area contributed by atoms with Crippen molar-refractivity contribution in [2.75, 3.05) is 18.1 Å². The molecule has 0 aromatic heterocycles. The predicted molar refractivity (Wildman–Crippen MR) is 68.6 cm³/mol. The number of unbranched alkanes of at least 4 members (excludes halogenated alkanes) is 1. The summed E-state index contributed by atoms with van der Waals surface area (Å²) in [7, 11) is -2.91. The molecule has 0 spiro atoms. The number of carbonyl (C=O) groups excluding carboxylic acids is 1. The number of hydrogen-bond acceptors (Lipinski definition) is 3. The quantitative estimate of drug-likeness (QED) is 0.730. The Balaban J connectivity index is 2.62. The minimum absolute atomic E-state index is 0.0793. The van der Waals surface area contributed by atoms with Gasteiger partial charge >= 0.3 is 0 Å². The van der Waals surface area contributed by atoms with Gasteiger partial charge in [0.2, 0.25) is 5.91 Å². The lowest BCUT2D eigenvalue weighted by atomic mass is 10.1. The zero-order valence-corrected chi connectivity index (χ0v) is 11.6. The maximum Gasteiger partial charge on any atom is 0.222 e. The summed E-state index contributed by atoms with van der Waals surface area (Å²) in [5.74, 6) is 0.514. The summed E-state index contributed by atoms with van der Waals surface area (Å²) in [6.07, 6.45) is 3.93. The largest absolute Gasteiger partial charge is 0.339 e. The van der Waals surface area contributed by atoms with Gasteiger partial charge in [0.1, 0.15) is 0 Å². The second kappa shape index (κ2) is 6.38. The summed E-state index contributed by atoms with van der Waals surface area (Å²) in [4.78, 5) is 13.8. The summed E-state index contributed by atoms with van der Waals surface area (Å²) >= 11 is 0. The summed E-state index contributed by atoms with van der Waals surface area (Å²) in [5.41, 5.74) is 0. The van der Waals surface area contributed by atoms with Crippen LogP contribution in [0, 0.1) is 0 Å². The van der Waals surface area contributed by atoms with E-state index in [0.29, 0.717) is 19.4 Å². The van der Waals surface area contributed by atoms with E-state index in [1.807, 2.05) is 6.92 Å². The van der Waals surface area contributed by atoms with Crippen LogP contribution in [-0.4, -0.2) is 43.3 Å². The smallest absolute Gasteiger partial charge is 0.222 e. The minimum atomic E-state index is -2.91. The van der Waals surface area contributed by atoms with Crippen molar-refractivity contribution in [1.29, 1.82) is 0 Å². The van der Waals surface area contributed by atoms with Crippen LogP contribution in [0.15, 0.2) is 0 Å². The lowest BCUT2D eigenvalue weighted by molar-refractivity contribution is -0.133. The Labute approximate surface area is 104 Å². The van der Waals surface area contributed by atoms with Crippen LogP contribution in [0.3, 0.4) is 0 Å². The molecule has 5 heteroatoms. The topological polar surface area (TPSA) is 54.5 Å². The average molecular weight is 261 g/mol. The summed E-state index contributed by atoms with van der Waals surface area (Å²) in [6.45, 7) is 4.75. The first kappa shape index (κ1) is 14.5. The zero-order valence-electron chi connectivity index (χ0n) is 10.8. The molecule has 0 aromatic carbocycles. The maximum absolute atomic E-state index is 12.0. The van der Waals surface area contributed by atoms with Crippen LogP contribution in [0.25, 0.3) is 0 Å². The minimum Gasteiger partial charge on any atom is -0.339 e. The summed E-state index contributed by atoms with van der Waals surface area (Å²) in [6, 6.07) is -0.0793. The molecule has 1 rings (SSSR count). The lowest BCUT2D eigenvalue weighted by Crippen LogP contribution is -2.41. The van der Waals surface area contributed by atoms with Crippen molar-refractivity contribution >= 4 is 15.7 Å². The normalized spacial score (nSPS) is 22.6. The molecule has 1 aliphatic rings. The Morgan fingerprint density at radius 2 is 2.00 bits per heavy atom. The Kier molecular flexibility index (Phi) is 5.43. The maximum atomic E-state index is 12.0. The van der Waals surface area contributed by atoms with Crippen LogP contribution in [0.4, 0.5) is 0 Å². The highest BCUT2D eigenvalue weighted by Gasteiger charge is 2.33. The zero-order chi connectivity index (χ0) is 12.9. The van der Waals surface area contributed by atoms with Gasteiger partial charge in [-0.3, -0.25) is 4.79 Å². The molecule has 0 saturated carbocycles. The average Bonchev–Trinajstić information content (AvgIpc) is 2.63. The predicted octanol–water partition coefficient (Wildman–Crippen LogP) is 1.60. The molecule has 1 unspecified atom stereocenters. The van der Waals surface area contributed by atoms with Crippen molar-refractivity contribution in [3.8, 4) is 0 Å². The van der Waals surface area contributed by atoms with E-state index in [-0.39, 0.29) is 23.5 Å². The van der Waals surface area contributed by atoms with Gasteiger partial charge in [0.25, 0.3) is 0 Å². The Morgan fingerprint density at radius 1 is 1.29 bits per heavy atom. The molecular weight excluding hydrogens is 238 g/mol. The number of rotatable bonds is 6. The van der Waals surface area contributed by atoms with Crippen molar-refractivity contribution < 1.29 is 13.2 Å². The van der Waals surface area contributed by atoms with E-state index in [1.165, 1.54) is 0 Å². The highest BCUT2D eigenvalue weighted by Crippen LogP contribution is 2.19. The Bertz CT molecular complexity index is 351. The van der Waals surface area contributed by atoms with Gasteiger partial charge in [-0.2, -0.15) is 0 Å². The van der Waals surface area contributed by atoms with Gasteiger partial charge in [0.05, 0.1) is 11.5 Å². The number of sulfone groups is 1. The SMILES string of the molecule is CCCCC(=O)N(CCC)C1CCS(=O)(=O)C1. The van der Waals surface area contributed by atoms with Gasteiger partial charge in [-0.25, -0.2) is 8.42 Å². The molecule has 1 heterocycles. The van der Waals surface area contributed by atoms with Crippen LogP contribution in [0.5, 0.6) is 0 Å². The van der Waals surface area contributed by atoms with E-state index in [4.69, 9.17) is 0 Å². The molecule has 100 valence electrons. The second-order valence-corrected chi connectivity index (χ2v) is 6.98. The highest BCUT2D eigenvalue weighted by atomic mass is 32.2. The molecule has 0 aromatic rings. The fourth-order valence-corrected chi connectivity index (χ4v) is 3.98. The van der Waals surface area contributed by atoms with E-state index < -0.39 is 9.84 Å². The number of hydrogen-bond donors (Lipinski definition) is 0. The third kappa shape index (κ3) is 4.30. The van der Waals surface area contributed by atoms with Gasteiger partial charge < -0.3 is 4.90 Å². The van der Waals surface area contributed by atoms with Crippen LogP contribution in [-0.2, 0) is 14.6 Å². The van der Waals surface area contributed by atoms with Crippen LogP contribution < -0.4 is 0 Å². The summed E-state index contributed by atoms with van der Waals surface area (Å²) in [5, 5.41) is 0. The van der Waals surface area contributed by atoms with Crippen LogP contribution >= 0.6 is 0 Å². The first-order valence-electron chi connectivity index (χ1n) is 6.50. The number of amides is 1. The van der Waals surface area contributed by atoms with Gasteiger partial charge in [0.15, 0.2) is 9.84 Å². The van der Waals surface area contributed by atoms with E-state index in [9.17, 15) is 13.2 Å². The number of nitrogens with zero attached hydrogens (tertiary/aromatic N) is 1. The monoisotopic (exact) mass is 261 g/mol. The first-order chi connectivity index (χ1) is 8.00. The third-order valence-corrected chi connectivity index (χ3v) is 4.93.